The topological polar surface area (TPSA) is 29.3 Å². The number of rotatable bonds is 7. The van der Waals surface area contributed by atoms with Gasteiger partial charge in [0.1, 0.15) is 0 Å². The molecule has 1 aliphatic heterocycles. The van der Waals surface area contributed by atoms with E-state index < -0.39 is 0 Å². The highest BCUT2D eigenvalue weighted by atomic mass is 15.2. The predicted molar refractivity (Wildman–Crippen MR) is 62.4 cm³/mol. The predicted octanol–water partition coefficient (Wildman–Crippen LogP) is 2.38. The van der Waals surface area contributed by atoms with Gasteiger partial charge in [-0.25, -0.2) is 0 Å². The second-order valence-electron chi connectivity index (χ2n) is 4.44. The Hall–Kier alpha value is -0.0800. The Kier molecular flexibility index (Phi) is 6.20. The van der Waals surface area contributed by atoms with Crippen LogP contribution in [0.4, 0.5) is 0 Å². The zero-order chi connectivity index (χ0) is 10.2. The van der Waals surface area contributed by atoms with Crippen LogP contribution in [0.5, 0.6) is 0 Å². The quantitative estimate of drug-likeness (QED) is 0.636. The minimum atomic E-state index is 0.862. The lowest BCUT2D eigenvalue weighted by molar-refractivity contribution is 0.243. The summed E-state index contributed by atoms with van der Waals surface area (Å²) >= 11 is 0. The number of hydrogen-bond donors (Lipinski definition) is 1. The van der Waals surface area contributed by atoms with E-state index in [0.717, 1.165) is 12.6 Å². The number of nitrogens with two attached hydrogens (primary N) is 1. The van der Waals surface area contributed by atoms with Crippen LogP contribution in [0.25, 0.3) is 0 Å². The van der Waals surface area contributed by atoms with E-state index in [1.165, 1.54) is 58.0 Å². The Morgan fingerprint density at radius 1 is 1.21 bits per heavy atom. The van der Waals surface area contributed by atoms with E-state index in [1.54, 1.807) is 0 Å². The summed E-state index contributed by atoms with van der Waals surface area (Å²) in [4.78, 5) is 2.68. The highest BCUT2D eigenvalue weighted by Crippen LogP contribution is 2.20. The SMILES string of the molecule is CCC1CCCN1CCCCCCN. The molecule has 0 aromatic heterocycles. The molecule has 1 heterocycles. The fourth-order valence-electron chi connectivity index (χ4n) is 2.46. The van der Waals surface area contributed by atoms with E-state index >= 15 is 0 Å². The molecule has 1 fully saturated rings. The van der Waals surface area contributed by atoms with E-state index in [0.29, 0.717) is 0 Å². The lowest BCUT2D eigenvalue weighted by atomic mass is 10.1. The van der Waals surface area contributed by atoms with Crippen LogP contribution in [0, 0.1) is 0 Å². The third kappa shape index (κ3) is 3.97. The van der Waals surface area contributed by atoms with Crippen molar-refractivity contribution in [1.82, 2.24) is 4.90 Å². The molecule has 1 unspecified atom stereocenters. The van der Waals surface area contributed by atoms with Crippen molar-refractivity contribution in [3.63, 3.8) is 0 Å². The maximum Gasteiger partial charge on any atom is 0.00931 e. The van der Waals surface area contributed by atoms with Crippen molar-refractivity contribution in [2.75, 3.05) is 19.6 Å². The Morgan fingerprint density at radius 3 is 2.71 bits per heavy atom. The summed E-state index contributed by atoms with van der Waals surface area (Å²) in [6.07, 6.45) is 9.45. The second-order valence-corrected chi connectivity index (χ2v) is 4.44. The van der Waals surface area contributed by atoms with Gasteiger partial charge >= 0.3 is 0 Å². The first kappa shape index (κ1) is 12.0. The van der Waals surface area contributed by atoms with Crippen LogP contribution >= 0.6 is 0 Å². The standard InChI is InChI=1S/C12H26N2/c1-2-12-8-7-11-14(12)10-6-4-3-5-9-13/h12H,2-11,13H2,1H3. The van der Waals surface area contributed by atoms with Crippen molar-refractivity contribution < 1.29 is 0 Å². The number of hydrogen-bond acceptors (Lipinski definition) is 2. The number of nitrogens with zero attached hydrogens (tertiary/aromatic N) is 1. The molecular formula is C12H26N2. The van der Waals surface area contributed by atoms with E-state index in [2.05, 4.69) is 11.8 Å². The summed E-state index contributed by atoms with van der Waals surface area (Å²) in [5, 5.41) is 0. The largest absolute Gasteiger partial charge is 0.330 e. The molecule has 0 saturated carbocycles. The molecule has 84 valence electrons. The maximum atomic E-state index is 5.47. The zero-order valence-corrected chi connectivity index (χ0v) is 9.67. The molecule has 0 amide bonds. The summed E-state index contributed by atoms with van der Waals surface area (Å²) in [7, 11) is 0. The number of likely N-dealkylation sites (tertiary alicyclic amines) is 1. The van der Waals surface area contributed by atoms with Gasteiger partial charge in [-0.05, 0) is 51.7 Å². The second kappa shape index (κ2) is 7.24. The van der Waals surface area contributed by atoms with Crippen LogP contribution in [0.3, 0.4) is 0 Å². The van der Waals surface area contributed by atoms with E-state index in [1.807, 2.05) is 0 Å². The summed E-state index contributed by atoms with van der Waals surface area (Å²) in [6.45, 7) is 5.84. The molecule has 14 heavy (non-hydrogen) atoms. The van der Waals surface area contributed by atoms with Gasteiger partial charge in [0.05, 0.1) is 0 Å². The van der Waals surface area contributed by atoms with Crippen molar-refractivity contribution in [3.8, 4) is 0 Å². The fraction of sp³-hybridized carbons (Fsp3) is 1.00. The molecule has 2 N–H and O–H groups in total. The molecule has 1 aliphatic rings. The lowest BCUT2D eigenvalue weighted by Gasteiger charge is -2.22. The Morgan fingerprint density at radius 2 is 2.00 bits per heavy atom. The molecule has 1 rings (SSSR count). The number of unbranched alkanes of at least 4 members (excludes halogenated alkanes) is 3. The van der Waals surface area contributed by atoms with Crippen molar-refractivity contribution in [3.05, 3.63) is 0 Å². The monoisotopic (exact) mass is 198 g/mol. The minimum absolute atomic E-state index is 0.862. The lowest BCUT2D eigenvalue weighted by Crippen LogP contribution is -2.29. The van der Waals surface area contributed by atoms with Crippen LogP contribution in [-0.2, 0) is 0 Å². The summed E-state index contributed by atoms with van der Waals surface area (Å²) in [6, 6.07) is 0.893. The molecule has 0 bridgehead atoms. The molecule has 2 heteroatoms. The van der Waals surface area contributed by atoms with Crippen molar-refractivity contribution >= 4 is 0 Å². The first-order chi connectivity index (χ1) is 6.88. The van der Waals surface area contributed by atoms with Gasteiger partial charge in [0.15, 0.2) is 0 Å². The third-order valence-corrected chi connectivity index (χ3v) is 3.37. The van der Waals surface area contributed by atoms with Crippen molar-refractivity contribution in [2.24, 2.45) is 5.73 Å². The Balaban J connectivity index is 2.00. The molecule has 0 radical (unpaired) electrons. The average Bonchev–Trinajstić information content (AvgIpc) is 2.65. The Labute approximate surface area is 88.8 Å². The first-order valence-electron chi connectivity index (χ1n) is 6.32. The molecule has 0 spiro atoms. The van der Waals surface area contributed by atoms with E-state index in [9.17, 15) is 0 Å². The van der Waals surface area contributed by atoms with Gasteiger partial charge in [-0.15, -0.1) is 0 Å². The third-order valence-electron chi connectivity index (χ3n) is 3.37. The average molecular weight is 198 g/mol. The molecule has 0 aromatic carbocycles. The molecule has 1 atom stereocenters. The maximum absolute atomic E-state index is 5.47. The van der Waals surface area contributed by atoms with Crippen LogP contribution < -0.4 is 5.73 Å². The van der Waals surface area contributed by atoms with E-state index in [-0.39, 0.29) is 0 Å². The molecule has 2 nitrogen and oxygen atoms in total. The van der Waals surface area contributed by atoms with Crippen LogP contribution in [0.2, 0.25) is 0 Å². The van der Waals surface area contributed by atoms with Gasteiger partial charge in [-0.2, -0.15) is 0 Å². The Bertz CT molecular complexity index is 136. The highest BCUT2D eigenvalue weighted by molar-refractivity contribution is 4.77. The van der Waals surface area contributed by atoms with Gasteiger partial charge in [0.25, 0.3) is 0 Å². The van der Waals surface area contributed by atoms with Gasteiger partial charge in [0, 0.05) is 6.04 Å². The van der Waals surface area contributed by atoms with Crippen LogP contribution in [-0.4, -0.2) is 30.6 Å². The van der Waals surface area contributed by atoms with E-state index in [4.69, 9.17) is 5.73 Å². The zero-order valence-electron chi connectivity index (χ0n) is 9.67. The summed E-state index contributed by atoms with van der Waals surface area (Å²) in [5.41, 5.74) is 5.47. The normalized spacial score (nSPS) is 23.1. The minimum Gasteiger partial charge on any atom is -0.330 e. The highest BCUT2D eigenvalue weighted by Gasteiger charge is 2.21. The smallest absolute Gasteiger partial charge is 0.00931 e. The van der Waals surface area contributed by atoms with Gasteiger partial charge < -0.3 is 10.6 Å². The van der Waals surface area contributed by atoms with Crippen LogP contribution in [0.1, 0.15) is 51.9 Å². The van der Waals surface area contributed by atoms with Gasteiger partial charge in [0.2, 0.25) is 0 Å². The molecule has 0 aromatic rings. The van der Waals surface area contributed by atoms with Gasteiger partial charge in [-0.3, -0.25) is 0 Å². The van der Waals surface area contributed by atoms with Crippen molar-refractivity contribution in [1.29, 1.82) is 0 Å². The fourth-order valence-corrected chi connectivity index (χ4v) is 2.46. The van der Waals surface area contributed by atoms with Crippen molar-refractivity contribution in [2.45, 2.75) is 57.9 Å². The van der Waals surface area contributed by atoms with Gasteiger partial charge in [-0.1, -0.05) is 19.8 Å². The summed E-state index contributed by atoms with van der Waals surface area (Å²) < 4.78 is 0. The first-order valence-corrected chi connectivity index (χ1v) is 6.32. The summed E-state index contributed by atoms with van der Waals surface area (Å²) in [5.74, 6) is 0. The molecule has 0 aliphatic carbocycles. The van der Waals surface area contributed by atoms with Crippen LogP contribution in [0.15, 0.2) is 0 Å². The molecular weight excluding hydrogens is 172 g/mol. The molecule has 1 saturated heterocycles.